The molecule has 2 aliphatic rings. The van der Waals surface area contributed by atoms with Gasteiger partial charge in [0.2, 0.25) is 11.7 Å². The molecule has 1 unspecified atom stereocenters. The molecular weight excluding hydrogens is 457 g/mol. The van der Waals surface area contributed by atoms with E-state index in [4.69, 9.17) is 18.9 Å². The predicted molar refractivity (Wildman–Crippen MR) is 127 cm³/mol. The standard InChI is InChI=1S/C24H24FN5O5/c1-32-18-9-14(10-19(33-2)21(18)34-3)28-24-26-11-15(25)22(30-24)27-13-6-7-17-16(8-13)29-23(31)20(35-17)12-4-5-12/h6-12,20H,4-5H2,1-3H3,(H,29,31)(H2,26,27,28,30). The zero-order valence-corrected chi connectivity index (χ0v) is 19.3. The van der Waals surface area contributed by atoms with Gasteiger partial charge in [0.05, 0.1) is 33.2 Å². The van der Waals surface area contributed by atoms with Crippen LogP contribution in [0.25, 0.3) is 0 Å². The number of ether oxygens (including phenoxy) is 4. The molecule has 0 radical (unpaired) electrons. The van der Waals surface area contributed by atoms with E-state index in [0.717, 1.165) is 19.0 Å². The first-order valence-electron chi connectivity index (χ1n) is 11.0. The number of nitrogens with zero attached hydrogens (tertiary/aromatic N) is 2. The second-order valence-corrected chi connectivity index (χ2v) is 8.13. The van der Waals surface area contributed by atoms with Crippen LogP contribution in [0.4, 0.5) is 33.2 Å². The van der Waals surface area contributed by atoms with Gasteiger partial charge in [-0.05, 0) is 31.0 Å². The van der Waals surface area contributed by atoms with E-state index in [0.29, 0.717) is 40.1 Å². The maximum absolute atomic E-state index is 14.5. The van der Waals surface area contributed by atoms with Crippen molar-refractivity contribution in [1.29, 1.82) is 0 Å². The smallest absolute Gasteiger partial charge is 0.265 e. The number of hydrogen-bond donors (Lipinski definition) is 3. The fourth-order valence-electron chi connectivity index (χ4n) is 3.85. The number of halogens is 1. The van der Waals surface area contributed by atoms with E-state index in [-0.39, 0.29) is 23.6 Å². The van der Waals surface area contributed by atoms with Crippen LogP contribution < -0.4 is 34.9 Å². The lowest BCUT2D eigenvalue weighted by molar-refractivity contribution is -0.124. The Balaban J connectivity index is 1.36. The van der Waals surface area contributed by atoms with Gasteiger partial charge in [-0.3, -0.25) is 4.79 Å². The molecule has 3 N–H and O–H groups in total. The van der Waals surface area contributed by atoms with Crippen LogP contribution in [0, 0.1) is 11.7 Å². The Morgan fingerprint density at radius 3 is 2.43 bits per heavy atom. The number of methoxy groups -OCH3 is 3. The fraction of sp³-hybridized carbons (Fsp3) is 0.292. The van der Waals surface area contributed by atoms with Gasteiger partial charge in [0.25, 0.3) is 5.91 Å². The molecule has 1 aliphatic carbocycles. The van der Waals surface area contributed by atoms with Gasteiger partial charge in [0.15, 0.2) is 29.2 Å². The highest BCUT2D eigenvalue weighted by molar-refractivity contribution is 5.98. The third kappa shape index (κ3) is 4.57. The fourth-order valence-corrected chi connectivity index (χ4v) is 3.85. The molecule has 1 amide bonds. The van der Waals surface area contributed by atoms with Gasteiger partial charge in [-0.1, -0.05) is 0 Å². The van der Waals surface area contributed by atoms with Crippen LogP contribution in [0.3, 0.4) is 0 Å². The van der Waals surface area contributed by atoms with Crippen LogP contribution in [0.2, 0.25) is 0 Å². The van der Waals surface area contributed by atoms with Crippen LogP contribution in [0.5, 0.6) is 23.0 Å². The third-order valence-electron chi connectivity index (χ3n) is 5.73. The lowest BCUT2D eigenvalue weighted by Crippen LogP contribution is -2.38. The van der Waals surface area contributed by atoms with Gasteiger partial charge in [-0.15, -0.1) is 0 Å². The Kier molecular flexibility index (Phi) is 5.89. The number of anilines is 5. The van der Waals surface area contributed by atoms with Crippen molar-refractivity contribution in [1.82, 2.24) is 9.97 Å². The number of amides is 1. The Hall–Kier alpha value is -4.28. The minimum atomic E-state index is -0.646. The molecule has 5 rings (SSSR count). The normalized spacial score (nSPS) is 16.5. The molecule has 11 heteroatoms. The average Bonchev–Trinajstić information content (AvgIpc) is 3.70. The minimum Gasteiger partial charge on any atom is -0.493 e. The van der Waals surface area contributed by atoms with Crippen LogP contribution in [-0.2, 0) is 4.79 Å². The summed E-state index contributed by atoms with van der Waals surface area (Å²) in [6, 6.07) is 8.50. The monoisotopic (exact) mass is 481 g/mol. The first kappa shape index (κ1) is 22.5. The Morgan fingerprint density at radius 1 is 1.03 bits per heavy atom. The molecule has 1 atom stereocenters. The molecule has 0 saturated heterocycles. The average molecular weight is 481 g/mol. The summed E-state index contributed by atoms with van der Waals surface area (Å²) in [6.07, 6.45) is 2.59. The topological polar surface area (TPSA) is 116 Å². The van der Waals surface area contributed by atoms with Crippen molar-refractivity contribution in [2.45, 2.75) is 18.9 Å². The summed E-state index contributed by atoms with van der Waals surface area (Å²) >= 11 is 0. The second-order valence-electron chi connectivity index (χ2n) is 8.13. The molecule has 3 aromatic rings. The van der Waals surface area contributed by atoms with Crippen molar-refractivity contribution in [2.24, 2.45) is 5.92 Å². The lowest BCUT2D eigenvalue weighted by Gasteiger charge is -2.26. The zero-order valence-electron chi connectivity index (χ0n) is 19.3. The van der Waals surface area contributed by atoms with Crippen LogP contribution in [0.15, 0.2) is 36.5 Å². The molecule has 182 valence electrons. The van der Waals surface area contributed by atoms with E-state index >= 15 is 0 Å². The molecule has 0 spiro atoms. The van der Waals surface area contributed by atoms with Gasteiger partial charge >= 0.3 is 0 Å². The highest BCUT2D eigenvalue weighted by Gasteiger charge is 2.40. The molecule has 10 nitrogen and oxygen atoms in total. The number of carbonyl (C=O) groups is 1. The highest BCUT2D eigenvalue weighted by atomic mass is 19.1. The number of nitrogens with one attached hydrogen (secondary N) is 3. The summed E-state index contributed by atoms with van der Waals surface area (Å²) < 4.78 is 36.4. The van der Waals surface area contributed by atoms with Crippen LogP contribution in [-0.4, -0.2) is 43.3 Å². The molecule has 1 saturated carbocycles. The van der Waals surface area contributed by atoms with Crippen molar-refractivity contribution in [3.63, 3.8) is 0 Å². The van der Waals surface area contributed by atoms with Crippen LogP contribution in [0.1, 0.15) is 12.8 Å². The minimum absolute atomic E-state index is 0.0474. The summed E-state index contributed by atoms with van der Waals surface area (Å²) in [5.74, 6) is 1.46. The van der Waals surface area contributed by atoms with Crippen LogP contribution >= 0.6 is 0 Å². The number of hydrogen-bond acceptors (Lipinski definition) is 9. The molecule has 1 fully saturated rings. The molecule has 2 heterocycles. The first-order chi connectivity index (χ1) is 17.0. The van der Waals surface area contributed by atoms with Crippen molar-refractivity contribution < 1.29 is 28.1 Å². The van der Waals surface area contributed by atoms with E-state index in [2.05, 4.69) is 25.9 Å². The van der Waals surface area contributed by atoms with Gasteiger partial charge in [0.1, 0.15) is 5.75 Å². The van der Waals surface area contributed by atoms with E-state index in [1.54, 1.807) is 30.3 Å². The largest absolute Gasteiger partial charge is 0.493 e. The maximum atomic E-state index is 14.5. The predicted octanol–water partition coefficient (Wildman–Crippen LogP) is 4.24. The van der Waals surface area contributed by atoms with Crippen molar-refractivity contribution >= 4 is 34.7 Å². The van der Waals surface area contributed by atoms with Crippen molar-refractivity contribution in [2.75, 3.05) is 37.3 Å². The summed E-state index contributed by atoms with van der Waals surface area (Å²) in [6.45, 7) is 0. The number of rotatable bonds is 8. The number of carbonyl (C=O) groups excluding carboxylic acids is 1. The van der Waals surface area contributed by atoms with Gasteiger partial charge in [-0.2, -0.15) is 4.98 Å². The van der Waals surface area contributed by atoms with Gasteiger partial charge < -0.3 is 34.9 Å². The summed E-state index contributed by atoms with van der Waals surface area (Å²) in [5, 5.41) is 8.81. The number of benzene rings is 2. The molecule has 1 aromatic heterocycles. The maximum Gasteiger partial charge on any atom is 0.265 e. The molecular formula is C24H24FN5O5. The van der Waals surface area contributed by atoms with Crippen molar-refractivity contribution in [3.05, 3.63) is 42.3 Å². The lowest BCUT2D eigenvalue weighted by atomic mass is 10.1. The highest BCUT2D eigenvalue weighted by Crippen LogP contribution is 2.42. The Bertz CT molecular complexity index is 1260. The van der Waals surface area contributed by atoms with Gasteiger partial charge in [0, 0.05) is 29.4 Å². The first-order valence-corrected chi connectivity index (χ1v) is 11.0. The molecule has 2 aromatic carbocycles. The second kappa shape index (κ2) is 9.16. The Morgan fingerprint density at radius 2 is 1.77 bits per heavy atom. The quantitative estimate of drug-likeness (QED) is 0.434. The van der Waals surface area contributed by atoms with Gasteiger partial charge in [-0.25, -0.2) is 9.37 Å². The number of aromatic nitrogens is 2. The molecule has 1 aliphatic heterocycles. The summed E-state index contributed by atoms with van der Waals surface area (Å²) in [7, 11) is 4.53. The van der Waals surface area contributed by atoms with Crippen molar-refractivity contribution in [3.8, 4) is 23.0 Å². The van der Waals surface area contributed by atoms with E-state index in [1.165, 1.54) is 21.3 Å². The van der Waals surface area contributed by atoms with E-state index in [9.17, 15) is 9.18 Å². The summed E-state index contributed by atoms with van der Waals surface area (Å²) in [4.78, 5) is 20.6. The van der Waals surface area contributed by atoms with E-state index in [1.807, 2.05) is 0 Å². The third-order valence-corrected chi connectivity index (χ3v) is 5.73. The molecule has 0 bridgehead atoms. The molecule has 35 heavy (non-hydrogen) atoms. The number of fused-ring (bicyclic) bond motifs is 1. The zero-order chi connectivity index (χ0) is 24.5. The Labute approximate surface area is 200 Å². The SMILES string of the molecule is COc1cc(Nc2ncc(F)c(Nc3ccc4c(c3)NC(=O)C(C3CC3)O4)n2)cc(OC)c1OC. The summed E-state index contributed by atoms with van der Waals surface area (Å²) in [5.41, 5.74) is 1.59. The van der Waals surface area contributed by atoms with E-state index < -0.39 is 11.9 Å².